The van der Waals surface area contributed by atoms with Crippen LogP contribution in [0.3, 0.4) is 0 Å². The number of nitrogens with zero attached hydrogens (tertiary/aromatic N) is 3. The molecule has 134 valence electrons. The fourth-order valence-corrected chi connectivity index (χ4v) is 2.35. The van der Waals surface area contributed by atoms with Gasteiger partial charge in [-0.15, -0.1) is 0 Å². The third kappa shape index (κ3) is 4.18. The van der Waals surface area contributed by atoms with Crippen molar-refractivity contribution < 1.29 is 14.4 Å². The summed E-state index contributed by atoms with van der Waals surface area (Å²) in [4.78, 5) is 18.9. The number of methoxy groups -OCH3 is 2. The van der Waals surface area contributed by atoms with Gasteiger partial charge in [0.25, 0.3) is 0 Å². The van der Waals surface area contributed by atoms with E-state index in [9.17, 15) is 10.1 Å². The van der Waals surface area contributed by atoms with Crippen molar-refractivity contribution in [3.8, 4) is 11.5 Å². The van der Waals surface area contributed by atoms with Gasteiger partial charge in [0, 0.05) is 12.1 Å². The van der Waals surface area contributed by atoms with Gasteiger partial charge in [0.2, 0.25) is 11.6 Å². The van der Waals surface area contributed by atoms with Crippen molar-refractivity contribution in [2.45, 2.75) is 19.9 Å². The average Bonchev–Trinajstić information content (AvgIpc) is 2.54. The molecule has 1 aromatic heterocycles. The predicted molar refractivity (Wildman–Crippen MR) is 95.3 cm³/mol. The van der Waals surface area contributed by atoms with Crippen LogP contribution in [-0.4, -0.2) is 35.2 Å². The van der Waals surface area contributed by atoms with Crippen LogP contribution in [0, 0.1) is 10.1 Å². The summed E-state index contributed by atoms with van der Waals surface area (Å²) in [5, 5.41) is 17.6. The maximum Gasteiger partial charge on any atom is 0.353 e. The van der Waals surface area contributed by atoms with E-state index in [1.54, 1.807) is 12.1 Å². The Hall–Kier alpha value is -2.81. The fourth-order valence-electron chi connectivity index (χ4n) is 2.11. The number of rotatable bonds is 7. The second-order valence-electron chi connectivity index (χ2n) is 5.29. The van der Waals surface area contributed by atoms with Crippen molar-refractivity contribution in [1.29, 1.82) is 0 Å². The SMILES string of the molecule is COc1cc(OC)c(Nc2ncnc(NC(C)C)c2[N+](=O)[O-])cc1Cl. The van der Waals surface area contributed by atoms with Crippen molar-refractivity contribution in [3.05, 3.63) is 33.6 Å². The second-order valence-corrected chi connectivity index (χ2v) is 5.69. The van der Waals surface area contributed by atoms with Crippen molar-refractivity contribution in [3.63, 3.8) is 0 Å². The van der Waals surface area contributed by atoms with Crippen molar-refractivity contribution in [1.82, 2.24) is 9.97 Å². The topological polar surface area (TPSA) is 111 Å². The van der Waals surface area contributed by atoms with Gasteiger partial charge in [-0.25, -0.2) is 9.97 Å². The van der Waals surface area contributed by atoms with E-state index < -0.39 is 4.92 Å². The third-order valence-corrected chi connectivity index (χ3v) is 3.45. The van der Waals surface area contributed by atoms with E-state index in [4.69, 9.17) is 21.1 Å². The number of nitrogens with one attached hydrogen (secondary N) is 2. The highest BCUT2D eigenvalue weighted by Crippen LogP contribution is 2.39. The van der Waals surface area contributed by atoms with Crippen molar-refractivity contribution in [2.24, 2.45) is 0 Å². The highest BCUT2D eigenvalue weighted by atomic mass is 35.5. The number of hydrogen-bond acceptors (Lipinski definition) is 8. The molecular weight excluding hydrogens is 350 g/mol. The molecule has 1 aromatic carbocycles. The normalized spacial score (nSPS) is 10.5. The van der Waals surface area contributed by atoms with Gasteiger partial charge >= 0.3 is 5.69 Å². The van der Waals surface area contributed by atoms with E-state index in [0.29, 0.717) is 22.2 Å². The minimum atomic E-state index is -0.551. The Morgan fingerprint density at radius 3 is 2.36 bits per heavy atom. The molecule has 0 aliphatic rings. The lowest BCUT2D eigenvalue weighted by Crippen LogP contribution is -2.14. The van der Waals surface area contributed by atoms with Crippen molar-refractivity contribution in [2.75, 3.05) is 24.9 Å². The molecule has 2 rings (SSSR count). The van der Waals surface area contributed by atoms with E-state index in [0.717, 1.165) is 0 Å². The van der Waals surface area contributed by atoms with Crippen LogP contribution in [0.15, 0.2) is 18.5 Å². The van der Waals surface area contributed by atoms with E-state index >= 15 is 0 Å². The molecule has 25 heavy (non-hydrogen) atoms. The van der Waals surface area contributed by atoms with Gasteiger partial charge in [-0.2, -0.15) is 0 Å². The van der Waals surface area contributed by atoms with E-state index in [1.807, 2.05) is 13.8 Å². The number of aromatic nitrogens is 2. The first-order chi connectivity index (χ1) is 11.9. The molecule has 0 aliphatic heterocycles. The molecule has 9 nitrogen and oxygen atoms in total. The van der Waals surface area contributed by atoms with Crippen LogP contribution in [0.5, 0.6) is 11.5 Å². The van der Waals surface area contributed by atoms with Crippen LogP contribution in [0.4, 0.5) is 23.0 Å². The van der Waals surface area contributed by atoms with Crippen LogP contribution < -0.4 is 20.1 Å². The summed E-state index contributed by atoms with van der Waals surface area (Å²) < 4.78 is 10.4. The Labute approximate surface area is 149 Å². The molecule has 0 saturated carbocycles. The molecule has 0 unspecified atom stereocenters. The van der Waals surface area contributed by atoms with Gasteiger partial charge in [0.05, 0.1) is 29.9 Å². The fraction of sp³-hybridized carbons (Fsp3) is 0.333. The molecule has 0 aliphatic carbocycles. The summed E-state index contributed by atoms with van der Waals surface area (Å²) >= 11 is 6.13. The van der Waals surface area contributed by atoms with Gasteiger partial charge in [0.15, 0.2) is 0 Å². The predicted octanol–water partition coefficient (Wildman–Crippen LogP) is 3.62. The first-order valence-corrected chi connectivity index (χ1v) is 7.69. The van der Waals surface area contributed by atoms with Gasteiger partial charge < -0.3 is 20.1 Å². The minimum absolute atomic E-state index is 0.0164. The molecule has 2 aromatic rings. The Bertz CT molecular complexity index is 785. The monoisotopic (exact) mass is 367 g/mol. The second kappa shape index (κ2) is 7.84. The average molecular weight is 368 g/mol. The summed E-state index contributed by atoms with van der Waals surface area (Å²) in [7, 11) is 2.95. The molecule has 0 fully saturated rings. The van der Waals surface area contributed by atoms with Gasteiger partial charge in [0.1, 0.15) is 17.8 Å². The van der Waals surface area contributed by atoms with Gasteiger partial charge in [-0.05, 0) is 19.9 Å². The van der Waals surface area contributed by atoms with E-state index in [1.165, 1.54) is 20.5 Å². The molecule has 0 atom stereocenters. The maximum absolute atomic E-state index is 11.5. The number of benzene rings is 1. The summed E-state index contributed by atoms with van der Waals surface area (Å²) in [6, 6.07) is 3.08. The number of anilines is 3. The van der Waals surface area contributed by atoms with E-state index in [-0.39, 0.29) is 23.4 Å². The Morgan fingerprint density at radius 2 is 1.80 bits per heavy atom. The summed E-state index contributed by atoms with van der Waals surface area (Å²) in [5.41, 5.74) is 0.135. The summed E-state index contributed by atoms with van der Waals surface area (Å²) in [6.45, 7) is 3.70. The number of hydrogen-bond donors (Lipinski definition) is 2. The largest absolute Gasteiger partial charge is 0.495 e. The first-order valence-electron chi connectivity index (χ1n) is 7.31. The van der Waals surface area contributed by atoms with Crippen molar-refractivity contribution >= 4 is 34.6 Å². The quantitative estimate of drug-likeness (QED) is 0.563. The summed E-state index contributed by atoms with van der Waals surface area (Å²) in [5.74, 6) is 0.953. The van der Waals surface area contributed by atoms with Crippen LogP contribution >= 0.6 is 11.6 Å². The number of nitro groups is 1. The smallest absolute Gasteiger partial charge is 0.353 e. The lowest BCUT2D eigenvalue weighted by atomic mass is 10.2. The van der Waals surface area contributed by atoms with Gasteiger partial charge in [-0.1, -0.05) is 11.6 Å². The zero-order valence-corrected chi connectivity index (χ0v) is 14.9. The van der Waals surface area contributed by atoms with Crippen LogP contribution in [-0.2, 0) is 0 Å². The Balaban J connectivity index is 2.50. The van der Waals surface area contributed by atoms with Crippen LogP contribution in [0.2, 0.25) is 5.02 Å². The third-order valence-electron chi connectivity index (χ3n) is 3.16. The molecule has 0 amide bonds. The summed E-state index contributed by atoms with van der Waals surface area (Å²) in [6.07, 6.45) is 1.23. The molecule has 2 N–H and O–H groups in total. The highest BCUT2D eigenvalue weighted by molar-refractivity contribution is 6.32. The molecule has 0 spiro atoms. The Morgan fingerprint density at radius 1 is 1.16 bits per heavy atom. The highest BCUT2D eigenvalue weighted by Gasteiger charge is 2.24. The Kier molecular flexibility index (Phi) is 5.81. The minimum Gasteiger partial charge on any atom is -0.495 e. The molecule has 0 radical (unpaired) electrons. The van der Waals surface area contributed by atoms with Gasteiger partial charge in [-0.3, -0.25) is 10.1 Å². The number of ether oxygens (including phenoxy) is 2. The zero-order chi connectivity index (χ0) is 18.6. The molecule has 10 heteroatoms. The standard InChI is InChI=1S/C15H18ClN5O4/c1-8(2)19-14-13(21(22)23)15(18-7-17-14)20-10-5-9(16)11(24-3)6-12(10)25-4/h5-8H,1-4H3,(H2,17,18,19,20). The molecular formula is C15H18ClN5O4. The molecule has 0 bridgehead atoms. The maximum atomic E-state index is 11.5. The lowest BCUT2D eigenvalue weighted by molar-refractivity contribution is -0.383. The molecule has 0 saturated heterocycles. The zero-order valence-electron chi connectivity index (χ0n) is 14.2. The van der Waals surface area contributed by atoms with Crippen LogP contribution in [0.1, 0.15) is 13.8 Å². The lowest BCUT2D eigenvalue weighted by Gasteiger charge is -2.15. The first kappa shape index (κ1) is 18.5. The van der Waals surface area contributed by atoms with E-state index in [2.05, 4.69) is 20.6 Å². The number of halogens is 1. The van der Waals surface area contributed by atoms with Crippen LogP contribution in [0.25, 0.3) is 0 Å². The molecule has 1 heterocycles.